The molecular weight excluding hydrogens is 270 g/mol. The first kappa shape index (κ1) is 15.4. The lowest BCUT2D eigenvalue weighted by molar-refractivity contribution is -0.385. The predicted molar refractivity (Wildman–Crippen MR) is 72.5 cm³/mol. The molecular formula is C13H16ClNO4. The van der Waals surface area contributed by atoms with Crippen LogP contribution in [0.15, 0.2) is 18.2 Å². The fourth-order valence-corrected chi connectivity index (χ4v) is 1.74. The van der Waals surface area contributed by atoms with Gasteiger partial charge in [0.05, 0.1) is 11.5 Å². The highest BCUT2D eigenvalue weighted by atomic mass is 35.5. The van der Waals surface area contributed by atoms with Gasteiger partial charge in [0, 0.05) is 11.1 Å². The maximum Gasteiger partial charge on any atom is 0.345 e. The first-order valence-electron chi connectivity index (χ1n) is 6.03. The van der Waals surface area contributed by atoms with E-state index in [2.05, 4.69) is 13.8 Å². The summed E-state index contributed by atoms with van der Waals surface area (Å²) in [5, 5.41) is 11.1. The standard InChI is InChI=1S/C13H16ClNO4/c1-9(2)4-3-7-19-13(16)11-8-10(14)5-6-12(11)15(17)18/h5-6,8-9H,3-4,7H2,1-2H3. The van der Waals surface area contributed by atoms with Crippen molar-refractivity contribution in [2.75, 3.05) is 6.61 Å². The van der Waals surface area contributed by atoms with Crippen molar-refractivity contribution < 1.29 is 14.5 Å². The van der Waals surface area contributed by atoms with Gasteiger partial charge in [0.1, 0.15) is 5.56 Å². The van der Waals surface area contributed by atoms with Crippen LogP contribution in [-0.4, -0.2) is 17.5 Å². The second kappa shape index (κ2) is 7.09. The summed E-state index contributed by atoms with van der Waals surface area (Å²) in [5.41, 5.74) is -0.402. The van der Waals surface area contributed by atoms with Crippen LogP contribution in [0.25, 0.3) is 0 Å². The monoisotopic (exact) mass is 285 g/mol. The molecule has 0 aliphatic rings. The highest BCUT2D eigenvalue weighted by molar-refractivity contribution is 6.31. The maximum atomic E-state index is 11.8. The number of ether oxygens (including phenoxy) is 1. The first-order valence-corrected chi connectivity index (χ1v) is 6.40. The van der Waals surface area contributed by atoms with E-state index < -0.39 is 10.9 Å². The molecule has 0 heterocycles. The molecule has 0 N–H and O–H groups in total. The Labute approximate surface area is 116 Å². The summed E-state index contributed by atoms with van der Waals surface area (Å²) in [7, 11) is 0. The molecule has 5 nitrogen and oxygen atoms in total. The van der Waals surface area contributed by atoms with E-state index in [0.717, 1.165) is 12.8 Å². The average Bonchev–Trinajstić information content (AvgIpc) is 2.33. The Morgan fingerprint density at radius 2 is 2.16 bits per heavy atom. The van der Waals surface area contributed by atoms with Crippen LogP contribution in [0.4, 0.5) is 5.69 Å². The van der Waals surface area contributed by atoms with Gasteiger partial charge < -0.3 is 4.74 Å². The molecule has 0 fully saturated rings. The van der Waals surface area contributed by atoms with Gasteiger partial charge >= 0.3 is 5.97 Å². The molecule has 0 aromatic heterocycles. The van der Waals surface area contributed by atoms with Crippen molar-refractivity contribution in [3.63, 3.8) is 0 Å². The summed E-state index contributed by atoms with van der Waals surface area (Å²) in [6.07, 6.45) is 1.67. The van der Waals surface area contributed by atoms with Gasteiger partial charge in [-0.05, 0) is 30.9 Å². The molecule has 0 amide bonds. The van der Waals surface area contributed by atoms with E-state index in [1.165, 1.54) is 18.2 Å². The quantitative estimate of drug-likeness (QED) is 0.344. The Morgan fingerprint density at radius 3 is 2.74 bits per heavy atom. The fraction of sp³-hybridized carbons (Fsp3) is 0.462. The lowest BCUT2D eigenvalue weighted by Gasteiger charge is -2.07. The number of esters is 1. The van der Waals surface area contributed by atoms with Crippen molar-refractivity contribution >= 4 is 23.3 Å². The molecule has 104 valence electrons. The van der Waals surface area contributed by atoms with Crippen LogP contribution in [0.5, 0.6) is 0 Å². The molecule has 0 aliphatic heterocycles. The number of hydrogen-bond acceptors (Lipinski definition) is 4. The molecule has 0 saturated carbocycles. The highest BCUT2D eigenvalue weighted by Gasteiger charge is 2.21. The minimum Gasteiger partial charge on any atom is -0.462 e. The van der Waals surface area contributed by atoms with Crippen LogP contribution < -0.4 is 0 Å². The van der Waals surface area contributed by atoms with E-state index in [9.17, 15) is 14.9 Å². The third kappa shape index (κ3) is 4.87. The highest BCUT2D eigenvalue weighted by Crippen LogP contribution is 2.23. The number of halogens is 1. The Balaban J connectivity index is 2.70. The summed E-state index contributed by atoms with van der Waals surface area (Å²) in [6, 6.07) is 3.83. The first-order chi connectivity index (χ1) is 8.91. The molecule has 0 radical (unpaired) electrons. The summed E-state index contributed by atoms with van der Waals surface area (Å²) in [6.45, 7) is 4.40. The molecule has 1 aromatic rings. The number of nitro benzene ring substituents is 1. The molecule has 19 heavy (non-hydrogen) atoms. The Morgan fingerprint density at radius 1 is 1.47 bits per heavy atom. The van der Waals surface area contributed by atoms with Gasteiger partial charge in [0.15, 0.2) is 0 Å². The fourth-order valence-electron chi connectivity index (χ4n) is 1.57. The molecule has 0 unspecified atom stereocenters. The molecule has 1 aromatic carbocycles. The lowest BCUT2D eigenvalue weighted by Crippen LogP contribution is -2.09. The zero-order chi connectivity index (χ0) is 14.4. The zero-order valence-corrected chi connectivity index (χ0v) is 11.6. The number of carbonyl (C=O) groups is 1. The predicted octanol–water partition coefficient (Wildman–Crippen LogP) is 3.84. The zero-order valence-electron chi connectivity index (χ0n) is 10.9. The van der Waals surface area contributed by atoms with Crippen molar-refractivity contribution in [3.8, 4) is 0 Å². The minimum atomic E-state index is -0.710. The largest absolute Gasteiger partial charge is 0.462 e. The van der Waals surface area contributed by atoms with Crippen molar-refractivity contribution in [2.45, 2.75) is 26.7 Å². The molecule has 6 heteroatoms. The summed E-state index contributed by atoms with van der Waals surface area (Å²) in [4.78, 5) is 22.0. The third-order valence-electron chi connectivity index (χ3n) is 2.53. The van der Waals surface area contributed by atoms with E-state index in [-0.39, 0.29) is 22.9 Å². The van der Waals surface area contributed by atoms with Gasteiger partial charge in [-0.2, -0.15) is 0 Å². The van der Waals surface area contributed by atoms with Crippen LogP contribution in [0, 0.1) is 16.0 Å². The molecule has 0 saturated heterocycles. The van der Waals surface area contributed by atoms with Crippen LogP contribution in [0.3, 0.4) is 0 Å². The van der Waals surface area contributed by atoms with E-state index in [1.807, 2.05) is 0 Å². The number of benzene rings is 1. The van der Waals surface area contributed by atoms with Gasteiger partial charge in [0.2, 0.25) is 0 Å². The van der Waals surface area contributed by atoms with E-state index >= 15 is 0 Å². The van der Waals surface area contributed by atoms with Crippen molar-refractivity contribution in [1.82, 2.24) is 0 Å². The summed E-state index contributed by atoms with van der Waals surface area (Å²) < 4.78 is 5.02. The van der Waals surface area contributed by atoms with Crippen molar-refractivity contribution in [1.29, 1.82) is 0 Å². The SMILES string of the molecule is CC(C)CCCOC(=O)c1cc(Cl)ccc1[N+](=O)[O-]. The topological polar surface area (TPSA) is 69.4 Å². The Kier molecular flexibility index (Phi) is 5.76. The van der Waals surface area contributed by atoms with Gasteiger partial charge in [-0.15, -0.1) is 0 Å². The van der Waals surface area contributed by atoms with Crippen LogP contribution in [0.1, 0.15) is 37.0 Å². The van der Waals surface area contributed by atoms with Gasteiger partial charge in [-0.1, -0.05) is 25.4 Å². The normalized spacial score (nSPS) is 10.5. The number of hydrogen-bond donors (Lipinski definition) is 0. The molecule has 0 spiro atoms. The van der Waals surface area contributed by atoms with E-state index in [0.29, 0.717) is 5.92 Å². The van der Waals surface area contributed by atoms with E-state index in [1.54, 1.807) is 0 Å². The third-order valence-corrected chi connectivity index (χ3v) is 2.77. The number of carbonyl (C=O) groups excluding carboxylic acids is 1. The lowest BCUT2D eigenvalue weighted by atomic mass is 10.1. The van der Waals surface area contributed by atoms with E-state index in [4.69, 9.17) is 16.3 Å². The molecule has 0 aliphatic carbocycles. The van der Waals surface area contributed by atoms with Crippen LogP contribution >= 0.6 is 11.6 Å². The van der Waals surface area contributed by atoms with Gasteiger partial charge in [-0.3, -0.25) is 10.1 Å². The molecule has 0 bridgehead atoms. The Hall–Kier alpha value is -1.62. The van der Waals surface area contributed by atoms with Crippen LogP contribution in [0.2, 0.25) is 5.02 Å². The Bertz CT molecular complexity index is 474. The minimum absolute atomic E-state index is 0.109. The molecule has 1 rings (SSSR count). The van der Waals surface area contributed by atoms with Crippen molar-refractivity contribution in [3.05, 3.63) is 38.9 Å². The maximum absolute atomic E-state index is 11.8. The smallest absolute Gasteiger partial charge is 0.345 e. The second-order valence-electron chi connectivity index (χ2n) is 4.59. The number of rotatable bonds is 6. The number of nitro groups is 1. The summed E-state index contributed by atoms with van der Waals surface area (Å²) >= 11 is 5.74. The second-order valence-corrected chi connectivity index (χ2v) is 5.03. The summed E-state index contributed by atoms with van der Waals surface area (Å²) in [5.74, 6) is -0.183. The molecule has 0 atom stereocenters. The van der Waals surface area contributed by atoms with Gasteiger partial charge in [0.25, 0.3) is 5.69 Å². The average molecular weight is 286 g/mol. The van der Waals surface area contributed by atoms with Crippen LogP contribution in [-0.2, 0) is 4.74 Å². The van der Waals surface area contributed by atoms with Gasteiger partial charge in [-0.25, -0.2) is 4.79 Å². The number of nitrogens with zero attached hydrogens (tertiary/aromatic N) is 1. The van der Waals surface area contributed by atoms with Crippen molar-refractivity contribution in [2.24, 2.45) is 5.92 Å².